The topological polar surface area (TPSA) is 62.9 Å². The molecular formula is C14H22BNO4. The Morgan fingerprint density at radius 2 is 1.45 bits per heavy atom. The van der Waals surface area contributed by atoms with E-state index in [0.717, 1.165) is 5.46 Å². The van der Waals surface area contributed by atoms with E-state index in [-0.39, 0.29) is 0 Å². The quantitative estimate of drug-likeness (QED) is 0.672. The summed E-state index contributed by atoms with van der Waals surface area (Å²) in [5.41, 5.74) is 6.45. The van der Waals surface area contributed by atoms with Crippen LogP contribution in [0.25, 0.3) is 0 Å². The molecule has 0 atom stereocenters. The lowest BCUT2D eigenvalue weighted by molar-refractivity contribution is 0.00578. The van der Waals surface area contributed by atoms with Crippen molar-refractivity contribution in [3.63, 3.8) is 0 Å². The molecule has 0 aliphatic carbocycles. The second-order valence-corrected chi connectivity index (χ2v) is 5.92. The normalized spacial score (nSPS) is 20.0. The van der Waals surface area contributed by atoms with Gasteiger partial charge < -0.3 is 24.5 Å². The number of anilines is 1. The van der Waals surface area contributed by atoms with Crippen molar-refractivity contribution >= 4 is 18.3 Å². The Balaban J connectivity index is 2.42. The Bertz CT molecular complexity index is 500. The first-order chi connectivity index (χ1) is 9.21. The standard InChI is InChI=1S/C14H22BNO4/c1-13(2)14(3,4)20-15(19-13)9-7-10(16)12(18-6)8-11(9)17-5/h7-8H,16H2,1-6H3. The maximum absolute atomic E-state index is 6.02. The molecule has 1 aliphatic heterocycles. The maximum atomic E-state index is 6.02. The molecule has 2 N–H and O–H groups in total. The van der Waals surface area contributed by atoms with Crippen molar-refractivity contribution < 1.29 is 18.8 Å². The first-order valence-corrected chi connectivity index (χ1v) is 6.59. The van der Waals surface area contributed by atoms with Gasteiger partial charge in [0.1, 0.15) is 11.5 Å². The van der Waals surface area contributed by atoms with E-state index in [9.17, 15) is 0 Å². The fraction of sp³-hybridized carbons (Fsp3) is 0.571. The lowest BCUT2D eigenvalue weighted by Gasteiger charge is -2.32. The van der Waals surface area contributed by atoms with Crippen molar-refractivity contribution in [3.8, 4) is 11.5 Å². The van der Waals surface area contributed by atoms with E-state index in [4.69, 9.17) is 24.5 Å². The van der Waals surface area contributed by atoms with Gasteiger partial charge in [0.25, 0.3) is 0 Å². The Kier molecular flexibility index (Phi) is 3.65. The van der Waals surface area contributed by atoms with Crippen molar-refractivity contribution in [2.24, 2.45) is 0 Å². The van der Waals surface area contributed by atoms with Crippen LogP contribution < -0.4 is 20.7 Å². The van der Waals surface area contributed by atoms with Gasteiger partial charge >= 0.3 is 7.12 Å². The van der Waals surface area contributed by atoms with Crippen LogP contribution in [0.3, 0.4) is 0 Å². The number of hydrogen-bond acceptors (Lipinski definition) is 5. The molecule has 1 fully saturated rings. The highest BCUT2D eigenvalue weighted by Gasteiger charge is 2.52. The minimum absolute atomic E-state index is 0.405. The summed E-state index contributed by atoms with van der Waals surface area (Å²) in [4.78, 5) is 0. The predicted octanol–water partition coefficient (Wildman–Crippen LogP) is 1.59. The zero-order chi connectivity index (χ0) is 15.1. The van der Waals surface area contributed by atoms with Crippen LogP contribution in [-0.2, 0) is 9.31 Å². The van der Waals surface area contributed by atoms with E-state index in [1.54, 1.807) is 26.4 Å². The van der Waals surface area contributed by atoms with Crippen LogP contribution in [0.2, 0.25) is 0 Å². The molecule has 1 heterocycles. The number of ether oxygens (including phenoxy) is 2. The average Bonchev–Trinajstić information content (AvgIpc) is 2.58. The Hall–Kier alpha value is -1.40. The first-order valence-electron chi connectivity index (χ1n) is 6.59. The van der Waals surface area contributed by atoms with Crippen molar-refractivity contribution in [1.29, 1.82) is 0 Å². The number of nitrogens with two attached hydrogens (primary N) is 1. The number of methoxy groups -OCH3 is 2. The molecule has 0 bridgehead atoms. The van der Waals surface area contributed by atoms with Crippen LogP contribution in [0.1, 0.15) is 27.7 Å². The van der Waals surface area contributed by atoms with E-state index >= 15 is 0 Å². The smallest absolute Gasteiger partial charge is 0.497 e. The van der Waals surface area contributed by atoms with Crippen LogP contribution in [0, 0.1) is 0 Å². The highest BCUT2D eigenvalue weighted by molar-refractivity contribution is 6.63. The molecule has 6 heteroatoms. The van der Waals surface area contributed by atoms with Crippen LogP contribution in [-0.4, -0.2) is 32.5 Å². The molecule has 5 nitrogen and oxygen atoms in total. The van der Waals surface area contributed by atoms with Gasteiger partial charge in [0, 0.05) is 11.5 Å². The summed E-state index contributed by atoms with van der Waals surface area (Å²) < 4.78 is 22.6. The van der Waals surface area contributed by atoms with Gasteiger partial charge in [0.15, 0.2) is 0 Å². The molecule has 1 aromatic rings. The van der Waals surface area contributed by atoms with Gasteiger partial charge in [-0.15, -0.1) is 0 Å². The summed E-state index contributed by atoms with van der Waals surface area (Å²) in [6.07, 6.45) is 0. The van der Waals surface area contributed by atoms with Crippen LogP contribution in [0.5, 0.6) is 11.5 Å². The van der Waals surface area contributed by atoms with Gasteiger partial charge in [0.2, 0.25) is 0 Å². The van der Waals surface area contributed by atoms with Crippen LogP contribution >= 0.6 is 0 Å². The maximum Gasteiger partial charge on any atom is 0.498 e. The summed E-state index contributed by atoms with van der Waals surface area (Å²) in [6.45, 7) is 8.03. The molecule has 110 valence electrons. The summed E-state index contributed by atoms with van der Waals surface area (Å²) in [7, 11) is 2.66. The van der Waals surface area contributed by atoms with Crippen molar-refractivity contribution in [3.05, 3.63) is 12.1 Å². The molecule has 1 aliphatic rings. The van der Waals surface area contributed by atoms with E-state index < -0.39 is 18.3 Å². The van der Waals surface area contributed by atoms with Crippen molar-refractivity contribution in [1.82, 2.24) is 0 Å². The molecule has 2 rings (SSSR count). The minimum Gasteiger partial charge on any atom is -0.497 e. The number of hydrogen-bond donors (Lipinski definition) is 1. The van der Waals surface area contributed by atoms with Gasteiger partial charge in [-0.3, -0.25) is 0 Å². The Labute approximate surface area is 120 Å². The Morgan fingerprint density at radius 3 is 1.90 bits per heavy atom. The molecule has 0 aromatic heterocycles. The summed E-state index contributed by atoms with van der Waals surface area (Å²) in [6, 6.07) is 3.52. The molecule has 20 heavy (non-hydrogen) atoms. The minimum atomic E-state index is -0.511. The SMILES string of the molecule is COc1cc(OC)c(B2OC(C)(C)C(C)(C)O2)cc1N. The molecule has 0 amide bonds. The average molecular weight is 279 g/mol. The van der Waals surface area contributed by atoms with E-state index in [1.807, 2.05) is 27.7 Å². The molecular weight excluding hydrogens is 257 g/mol. The van der Waals surface area contributed by atoms with E-state index in [0.29, 0.717) is 17.2 Å². The van der Waals surface area contributed by atoms with Crippen LogP contribution in [0.4, 0.5) is 5.69 Å². The first kappa shape index (κ1) is 15.0. The summed E-state index contributed by atoms with van der Waals surface area (Å²) >= 11 is 0. The molecule has 0 spiro atoms. The van der Waals surface area contributed by atoms with Gasteiger partial charge in [-0.05, 0) is 33.8 Å². The number of benzene rings is 1. The second kappa shape index (κ2) is 4.86. The van der Waals surface area contributed by atoms with E-state index in [2.05, 4.69) is 0 Å². The third-order valence-corrected chi connectivity index (χ3v) is 4.09. The third kappa shape index (κ3) is 2.34. The van der Waals surface area contributed by atoms with Gasteiger partial charge in [-0.1, -0.05) is 0 Å². The fourth-order valence-corrected chi connectivity index (χ4v) is 2.10. The highest BCUT2D eigenvalue weighted by atomic mass is 16.7. The van der Waals surface area contributed by atoms with Gasteiger partial charge in [-0.25, -0.2) is 0 Å². The molecule has 0 saturated carbocycles. The lowest BCUT2D eigenvalue weighted by atomic mass is 9.78. The largest absolute Gasteiger partial charge is 0.498 e. The van der Waals surface area contributed by atoms with E-state index in [1.165, 1.54) is 0 Å². The van der Waals surface area contributed by atoms with Gasteiger partial charge in [-0.2, -0.15) is 0 Å². The summed E-state index contributed by atoms with van der Waals surface area (Å²) in [5.74, 6) is 1.21. The zero-order valence-corrected chi connectivity index (χ0v) is 12.9. The molecule has 0 unspecified atom stereocenters. The molecule has 0 radical (unpaired) electrons. The number of rotatable bonds is 3. The highest BCUT2D eigenvalue weighted by Crippen LogP contribution is 2.38. The van der Waals surface area contributed by atoms with Crippen molar-refractivity contribution in [2.75, 3.05) is 20.0 Å². The third-order valence-electron chi connectivity index (χ3n) is 4.09. The van der Waals surface area contributed by atoms with Crippen molar-refractivity contribution in [2.45, 2.75) is 38.9 Å². The second-order valence-electron chi connectivity index (χ2n) is 5.92. The zero-order valence-electron chi connectivity index (χ0n) is 12.9. The monoisotopic (exact) mass is 279 g/mol. The fourth-order valence-electron chi connectivity index (χ4n) is 2.10. The van der Waals surface area contributed by atoms with Gasteiger partial charge in [0.05, 0.1) is 31.1 Å². The van der Waals surface area contributed by atoms with Crippen LogP contribution in [0.15, 0.2) is 12.1 Å². The number of nitrogen functional groups attached to an aromatic ring is 1. The lowest BCUT2D eigenvalue weighted by Crippen LogP contribution is -2.41. The molecule has 1 aromatic carbocycles. The molecule has 1 saturated heterocycles. The Morgan fingerprint density at radius 1 is 0.950 bits per heavy atom. The summed E-state index contributed by atoms with van der Waals surface area (Å²) in [5, 5.41) is 0. The predicted molar refractivity (Wildman–Crippen MR) is 79.7 cm³/mol.